The van der Waals surface area contributed by atoms with Crippen LogP contribution in [0.4, 0.5) is 5.13 Å². The van der Waals surface area contributed by atoms with Gasteiger partial charge in [-0.25, -0.2) is 4.79 Å². The molecule has 0 atom stereocenters. The minimum Gasteiger partial charge on any atom is -0.452 e. The molecule has 2 aromatic heterocycles. The van der Waals surface area contributed by atoms with Crippen molar-refractivity contribution in [2.24, 2.45) is 0 Å². The van der Waals surface area contributed by atoms with E-state index in [-0.39, 0.29) is 6.61 Å². The standard InChI is InChI=1S/C11H10N4O3S/c1-7-14-15-11(19-7)13-9(16)6-18-10(17)8-2-4-12-5-3-8/h2-5H,6H2,1H3,(H,13,15,16). The van der Waals surface area contributed by atoms with E-state index in [0.717, 1.165) is 5.01 Å². The van der Waals surface area contributed by atoms with E-state index in [0.29, 0.717) is 10.7 Å². The Morgan fingerprint density at radius 1 is 1.32 bits per heavy atom. The Labute approximate surface area is 112 Å². The van der Waals surface area contributed by atoms with Gasteiger partial charge in [0.25, 0.3) is 5.91 Å². The van der Waals surface area contributed by atoms with E-state index >= 15 is 0 Å². The van der Waals surface area contributed by atoms with E-state index in [9.17, 15) is 9.59 Å². The molecule has 7 nitrogen and oxygen atoms in total. The van der Waals surface area contributed by atoms with E-state index in [1.807, 2.05) is 0 Å². The molecule has 0 unspecified atom stereocenters. The van der Waals surface area contributed by atoms with Gasteiger partial charge in [-0.15, -0.1) is 10.2 Å². The fourth-order valence-corrected chi connectivity index (χ4v) is 1.81. The zero-order valence-corrected chi connectivity index (χ0v) is 10.8. The topological polar surface area (TPSA) is 94.1 Å². The summed E-state index contributed by atoms with van der Waals surface area (Å²) in [7, 11) is 0. The van der Waals surface area contributed by atoms with Crippen LogP contribution in [-0.2, 0) is 9.53 Å². The van der Waals surface area contributed by atoms with Crippen LogP contribution in [0, 0.1) is 6.92 Å². The van der Waals surface area contributed by atoms with Crippen LogP contribution in [0.2, 0.25) is 0 Å². The number of carbonyl (C=O) groups excluding carboxylic acids is 2. The number of nitrogens with one attached hydrogen (secondary N) is 1. The van der Waals surface area contributed by atoms with E-state index in [2.05, 4.69) is 20.5 Å². The lowest BCUT2D eigenvalue weighted by molar-refractivity contribution is -0.119. The number of hydrogen-bond donors (Lipinski definition) is 1. The summed E-state index contributed by atoms with van der Waals surface area (Å²) >= 11 is 1.24. The Morgan fingerprint density at radius 2 is 2.05 bits per heavy atom. The molecule has 1 N–H and O–H groups in total. The molecule has 8 heteroatoms. The molecule has 0 aromatic carbocycles. The fraction of sp³-hybridized carbons (Fsp3) is 0.182. The molecule has 0 aliphatic rings. The largest absolute Gasteiger partial charge is 0.452 e. The highest BCUT2D eigenvalue weighted by Gasteiger charge is 2.11. The highest BCUT2D eigenvalue weighted by Crippen LogP contribution is 2.13. The van der Waals surface area contributed by atoms with E-state index < -0.39 is 11.9 Å². The maximum Gasteiger partial charge on any atom is 0.338 e. The molecular weight excluding hydrogens is 268 g/mol. The number of pyridine rings is 1. The van der Waals surface area contributed by atoms with Crippen molar-refractivity contribution in [3.8, 4) is 0 Å². The number of hydrogen-bond acceptors (Lipinski definition) is 7. The van der Waals surface area contributed by atoms with Crippen LogP contribution < -0.4 is 5.32 Å². The van der Waals surface area contributed by atoms with Crippen molar-refractivity contribution in [3.63, 3.8) is 0 Å². The highest BCUT2D eigenvalue weighted by atomic mass is 32.1. The number of nitrogens with zero attached hydrogens (tertiary/aromatic N) is 3. The first-order chi connectivity index (χ1) is 9.15. The van der Waals surface area contributed by atoms with E-state index in [4.69, 9.17) is 4.74 Å². The third kappa shape index (κ3) is 3.81. The van der Waals surface area contributed by atoms with Crippen molar-refractivity contribution in [3.05, 3.63) is 35.1 Å². The molecule has 0 radical (unpaired) electrons. The average molecular weight is 278 g/mol. The average Bonchev–Trinajstić information content (AvgIpc) is 2.82. The summed E-state index contributed by atoms with van der Waals surface area (Å²) in [5, 5.41) is 11.1. The number of ether oxygens (including phenoxy) is 1. The van der Waals surface area contributed by atoms with Crippen molar-refractivity contribution in [1.82, 2.24) is 15.2 Å². The second-order valence-corrected chi connectivity index (χ2v) is 4.67. The Kier molecular flexibility index (Phi) is 4.14. The minimum absolute atomic E-state index is 0.342. The third-order valence-corrected chi connectivity index (χ3v) is 2.78. The van der Waals surface area contributed by atoms with E-state index in [1.54, 1.807) is 6.92 Å². The molecule has 1 amide bonds. The summed E-state index contributed by atoms with van der Waals surface area (Å²) in [5.41, 5.74) is 0.342. The molecule has 0 aliphatic heterocycles. The van der Waals surface area contributed by atoms with Gasteiger partial charge in [0.05, 0.1) is 5.56 Å². The second-order valence-electron chi connectivity index (χ2n) is 3.49. The van der Waals surface area contributed by atoms with Crippen LogP contribution >= 0.6 is 11.3 Å². The Bertz CT molecular complexity index is 585. The first-order valence-electron chi connectivity index (χ1n) is 5.32. The number of amides is 1. The van der Waals surface area contributed by atoms with Crippen LogP contribution in [0.5, 0.6) is 0 Å². The van der Waals surface area contributed by atoms with Crippen molar-refractivity contribution in [1.29, 1.82) is 0 Å². The lowest BCUT2D eigenvalue weighted by Crippen LogP contribution is -2.20. The second kappa shape index (κ2) is 6.01. The van der Waals surface area contributed by atoms with Crippen LogP contribution in [-0.4, -0.2) is 33.7 Å². The first-order valence-corrected chi connectivity index (χ1v) is 6.14. The van der Waals surface area contributed by atoms with Gasteiger partial charge in [-0.2, -0.15) is 0 Å². The van der Waals surface area contributed by atoms with E-state index in [1.165, 1.54) is 35.9 Å². The number of anilines is 1. The lowest BCUT2D eigenvalue weighted by atomic mass is 10.3. The molecular formula is C11H10N4O3S. The van der Waals surface area contributed by atoms with Crippen LogP contribution in [0.1, 0.15) is 15.4 Å². The van der Waals surface area contributed by atoms with Gasteiger partial charge in [-0.3, -0.25) is 15.1 Å². The van der Waals surface area contributed by atoms with Gasteiger partial charge in [0.1, 0.15) is 5.01 Å². The third-order valence-electron chi connectivity index (χ3n) is 2.02. The molecule has 2 heterocycles. The van der Waals surface area contributed by atoms with Crippen molar-refractivity contribution in [2.45, 2.75) is 6.92 Å². The van der Waals surface area contributed by atoms with Crippen LogP contribution in [0.3, 0.4) is 0 Å². The molecule has 0 saturated heterocycles. The SMILES string of the molecule is Cc1nnc(NC(=O)COC(=O)c2ccncc2)s1. The monoisotopic (exact) mass is 278 g/mol. The fourth-order valence-electron chi connectivity index (χ4n) is 1.20. The van der Waals surface area contributed by atoms with Crippen LogP contribution in [0.25, 0.3) is 0 Å². The smallest absolute Gasteiger partial charge is 0.338 e. The highest BCUT2D eigenvalue weighted by molar-refractivity contribution is 7.15. The van der Waals surface area contributed by atoms with Crippen molar-refractivity contribution < 1.29 is 14.3 Å². The quantitative estimate of drug-likeness (QED) is 0.840. The zero-order valence-electron chi connectivity index (χ0n) is 9.99. The molecule has 0 bridgehead atoms. The normalized spacial score (nSPS) is 9.95. The number of aromatic nitrogens is 3. The molecule has 19 heavy (non-hydrogen) atoms. The molecule has 2 rings (SSSR count). The summed E-state index contributed by atoms with van der Waals surface area (Å²) in [6.07, 6.45) is 2.95. The summed E-state index contributed by atoms with van der Waals surface area (Å²) in [6.45, 7) is 1.40. The summed E-state index contributed by atoms with van der Waals surface area (Å²) in [4.78, 5) is 26.8. The summed E-state index contributed by atoms with van der Waals surface area (Å²) in [5.74, 6) is -1.04. The molecule has 98 valence electrons. The number of rotatable bonds is 4. The van der Waals surface area contributed by atoms with Gasteiger partial charge in [0.15, 0.2) is 6.61 Å². The Hall–Kier alpha value is -2.35. The number of carbonyl (C=O) groups is 2. The zero-order chi connectivity index (χ0) is 13.7. The number of esters is 1. The molecule has 0 spiro atoms. The molecule has 0 saturated carbocycles. The maximum absolute atomic E-state index is 11.6. The molecule has 2 aromatic rings. The minimum atomic E-state index is -0.578. The lowest BCUT2D eigenvalue weighted by Gasteiger charge is -2.03. The molecule has 0 aliphatic carbocycles. The van der Waals surface area contributed by atoms with Crippen LogP contribution in [0.15, 0.2) is 24.5 Å². The van der Waals surface area contributed by atoms with Gasteiger partial charge >= 0.3 is 5.97 Å². The van der Waals surface area contributed by atoms with Crippen molar-refractivity contribution in [2.75, 3.05) is 11.9 Å². The summed E-state index contributed by atoms with van der Waals surface area (Å²) < 4.78 is 4.85. The van der Waals surface area contributed by atoms with Gasteiger partial charge in [0, 0.05) is 12.4 Å². The van der Waals surface area contributed by atoms with Gasteiger partial charge in [-0.05, 0) is 19.1 Å². The van der Waals surface area contributed by atoms with Gasteiger partial charge in [0.2, 0.25) is 5.13 Å². The Balaban J connectivity index is 1.82. The Morgan fingerprint density at radius 3 is 2.68 bits per heavy atom. The van der Waals surface area contributed by atoms with Crippen molar-refractivity contribution >= 4 is 28.3 Å². The predicted molar refractivity (Wildman–Crippen MR) is 67.8 cm³/mol. The maximum atomic E-state index is 11.6. The van der Waals surface area contributed by atoms with Gasteiger partial charge in [-0.1, -0.05) is 11.3 Å². The molecule has 0 fully saturated rings. The number of aryl methyl sites for hydroxylation is 1. The summed E-state index contributed by atoms with van der Waals surface area (Å²) in [6, 6.07) is 3.02. The van der Waals surface area contributed by atoms with Gasteiger partial charge < -0.3 is 4.74 Å². The first kappa shape index (κ1) is 13.1. The predicted octanol–water partition coefficient (Wildman–Crippen LogP) is 1.04.